The van der Waals surface area contributed by atoms with Gasteiger partial charge in [-0.05, 0) is 28.1 Å². The van der Waals surface area contributed by atoms with Crippen molar-refractivity contribution < 1.29 is 9.59 Å². The summed E-state index contributed by atoms with van der Waals surface area (Å²) in [5, 5.41) is 4.28. The topological polar surface area (TPSA) is 52.0 Å². The van der Waals surface area contributed by atoms with Gasteiger partial charge in [-0.2, -0.15) is 5.10 Å². The molecule has 0 aliphatic heterocycles. The molecule has 5 heteroatoms. The van der Waals surface area contributed by atoms with Crippen LogP contribution in [0.15, 0.2) is 41.0 Å². The predicted octanol–water partition coefficient (Wildman–Crippen LogP) is 3.05. The van der Waals surface area contributed by atoms with Gasteiger partial charge in [-0.3, -0.25) is 4.79 Å². The molecule has 1 heterocycles. The zero-order chi connectivity index (χ0) is 14.8. The summed E-state index contributed by atoms with van der Waals surface area (Å²) < 4.78 is 2.36. The number of hydrogen-bond acceptors (Lipinski definition) is 3. The zero-order valence-corrected chi connectivity index (χ0v) is 12.8. The number of nitrogens with zero attached hydrogens (tertiary/aromatic N) is 2. The van der Waals surface area contributed by atoms with Crippen LogP contribution in [0.3, 0.4) is 0 Å². The van der Waals surface area contributed by atoms with E-state index in [9.17, 15) is 9.59 Å². The van der Waals surface area contributed by atoms with Crippen LogP contribution < -0.4 is 0 Å². The highest BCUT2D eigenvalue weighted by molar-refractivity contribution is 9.10. The number of hydrogen-bond donors (Lipinski definition) is 0. The van der Waals surface area contributed by atoms with Crippen molar-refractivity contribution in [2.45, 2.75) is 19.8 Å². The lowest BCUT2D eigenvalue weighted by molar-refractivity contribution is -0.110. The van der Waals surface area contributed by atoms with E-state index in [1.807, 2.05) is 36.6 Å². The first kappa shape index (κ1) is 14.7. The molecule has 0 N–H and O–H groups in total. The molecule has 0 fully saturated rings. The third kappa shape index (κ3) is 2.58. The van der Waals surface area contributed by atoms with Gasteiger partial charge < -0.3 is 4.79 Å². The molecule has 103 valence electrons. The average Bonchev–Trinajstić information content (AvgIpc) is 2.83. The van der Waals surface area contributed by atoms with Gasteiger partial charge in [-0.15, -0.1) is 0 Å². The number of halogens is 1. The van der Waals surface area contributed by atoms with E-state index in [1.165, 1.54) is 0 Å². The maximum absolute atomic E-state index is 11.5. The molecular formula is C15H14BrN2O2. The lowest BCUT2D eigenvalue weighted by Gasteiger charge is -2.24. The summed E-state index contributed by atoms with van der Waals surface area (Å²) in [5.74, 6) is -0.628. The molecule has 1 radical (unpaired) electrons. The van der Waals surface area contributed by atoms with Crippen molar-refractivity contribution >= 4 is 28.5 Å². The monoisotopic (exact) mass is 333 g/mol. The molecule has 0 aliphatic rings. The summed E-state index contributed by atoms with van der Waals surface area (Å²) in [7, 11) is 0. The first-order chi connectivity index (χ1) is 9.51. The summed E-state index contributed by atoms with van der Waals surface area (Å²) in [5.41, 5.74) is 0.568. The molecule has 20 heavy (non-hydrogen) atoms. The maximum Gasteiger partial charge on any atom is 0.205 e. The second kappa shape index (κ2) is 5.71. The summed E-state index contributed by atoms with van der Waals surface area (Å²) >= 11 is 3.41. The fraction of sp³-hybridized carbons (Fsp3) is 0.267. The molecule has 0 spiro atoms. The normalized spacial score (nSPS) is 12.9. The molecule has 1 atom stereocenters. The predicted molar refractivity (Wildman–Crippen MR) is 79.5 cm³/mol. The summed E-state index contributed by atoms with van der Waals surface area (Å²) in [6, 6.07) is 9.47. The van der Waals surface area contributed by atoms with Gasteiger partial charge in [0, 0.05) is 5.41 Å². The smallest absolute Gasteiger partial charge is 0.205 e. The van der Waals surface area contributed by atoms with Crippen molar-refractivity contribution in [3.05, 3.63) is 46.7 Å². The number of rotatable bonds is 5. The highest BCUT2D eigenvalue weighted by Gasteiger charge is 2.35. The van der Waals surface area contributed by atoms with Gasteiger partial charge >= 0.3 is 0 Å². The van der Waals surface area contributed by atoms with Crippen molar-refractivity contribution in [2.75, 3.05) is 0 Å². The Kier molecular flexibility index (Phi) is 4.18. The molecule has 1 aromatic heterocycles. The van der Waals surface area contributed by atoms with Crippen LogP contribution in [0.25, 0.3) is 5.69 Å². The quantitative estimate of drug-likeness (QED) is 0.790. The lowest BCUT2D eigenvalue weighted by Crippen LogP contribution is -2.27. The van der Waals surface area contributed by atoms with Gasteiger partial charge in [0.1, 0.15) is 6.29 Å². The number of carbonyl (C=O) groups excluding carboxylic acids is 2. The minimum absolute atomic E-state index is 0.628. The second-order valence-electron chi connectivity index (χ2n) is 5.06. The van der Waals surface area contributed by atoms with Gasteiger partial charge in [-0.25, -0.2) is 4.68 Å². The van der Waals surface area contributed by atoms with Gasteiger partial charge in [0.2, 0.25) is 6.29 Å². The second-order valence-corrected chi connectivity index (χ2v) is 5.92. The Morgan fingerprint density at radius 1 is 1.35 bits per heavy atom. The molecular weight excluding hydrogens is 320 g/mol. The van der Waals surface area contributed by atoms with Crippen LogP contribution in [-0.4, -0.2) is 22.4 Å². The van der Waals surface area contributed by atoms with E-state index in [-0.39, 0.29) is 0 Å². The maximum atomic E-state index is 11.5. The standard InChI is InChI=1S/C15H14BrN2O2/c1-15(2,10-20)12(9-19)14-13(16)8-17-18(14)11-6-4-3-5-7-11/h3-9,12H,1-2H3. The third-order valence-electron chi connectivity index (χ3n) is 3.23. The number of para-hydroxylation sites is 1. The van der Waals surface area contributed by atoms with E-state index in [0.717, 1.165) is 12.0 Å². The summed E-state index contributed by atoms with van der Waals surface area (Å²) in [6.45, 7) is 3.38. The molecule has 0 saturated carbocycles. The fourth-order valence-electron chi connectivity index (χ4n) is 2.03. The Morgan fingerprint density at radius 2 is 2.00 bits per heavy atom. The van der Waals surface area contributed by atoms with Crippen LogP contribution >= 0.6 is 15.9 Å². The zero-order valence-electron chi connectivity index (χ0n) is 11.2. The summed E-state index contributed by atoms with van der Waals surface area (Å²) in [6.07, 6.45) is 4.34. The van der Waals surface area contributed by atoms with Crippen molar-refractivity contribution in [3.63, 3.8) is 0 Å². The van der Waals surface area contributed by atoms with Crippen LogP contribution in [0.4, 0.5) is 0 Å². The number of aromatic nitrogens is 2. The van der Waals surface area contributed by atoms with Gasteiger partial charge in [0.05, 0.1) is 28.0 Å². The highest BCUT2D eigenvalue weighted by atomic mass is 79.9. The average molecular weight is 334 g/mol. The van der Waals surface area contributed by atoms with Crippen molar-refractivity contribution in [1.29, 1.82) is 0 Å². The molecule has 1 unspecified atom stereocenters. The van der Waals surface area contributed by atoms with Crippen LogP contribution in [-0.2, 0) is 9.59 Å². The fourth-order valence-corrected chi connectivity index (χ4v) is 2.54. The molecule has 0 aliphatic carbocycles. The number of carbonyl (C=O) groups is 1. The van der Waals surface area contributed by atoms with Crippen molar-refractivity contribution in [2.24, 2.45) is 5.41 Å². The van der Waals surface area contributed by atoms with Crippen LogP contribution in [0.1, 0.15) is 25.5 Å². The number of benzene rings is 1. The van der Waals surface area contributed by atoms with Crippen LogP contribution in [0.5, 0.6) is 0 Å². The first-order valence-electron chi connectivity index (χ1n) is 6.14. The van der Waals surface area contributed by atoms with E-state index >= 15 is 0 Å². The van der Waals surface area contributed by atoms with E-state index in [1.54, 1.807) is 24.7 Å². The van der Waals surface area contributed by atoms with Crippen LogP contribution in [0.2, 0.25) is 0 Å². The molecule has 2 rings (SSSR count). The highest BCUT2D eigenvalue weighted by Crippen LogP contribution is 2.37. The van der Waals surface area contributed by atoms with Gasteiger partial charge in [0.15, 0.2) is 0 Å². The molecule has 0 bridgehead atoms. The molecule has 0 saturated heterocycles. The molecule has 1 aromatic carbocycles. The van der Waals surface area contributed by atoms with E-state index in [0.29, 0.717) is 10.2 Å². The van der Waals surface area contributed by atoms with E-state index in [4.69, 9.17) is 0 Å². The summed E-state index contributed by atoms with van der Waals surface area (Å²) in [4.78, 5) is 22.7. The molecule has 4 nitrogen and oxygen atoms in total. The number of aldehydes is 1. The molecule has 0 amide bonds. The Bertz CT molecular complexity index is 620. The molecule has 2 aromatic rings. The Hall–Kier alpha value is -1.75. The first-order valence-corrected chi connectivity index (χ1v) is 6.94. The van der Waals surface area contributed by atoms with E-state index < -0.39 is 11.3 Å². The van der Waals surface area contributed by atoms with Gasteiger partial charge in [-0.1, -0.05) is 32.0 Å². The van der Waals surface area contributed by atoms with Crippen LogP contribution in [0, 0.1) is 5.41 Å². The minimum atomic E-state index is -0.920. The SMILES string of the molecule is CC(C)([C]=O)C(C=O)c1c(Br)cnn1-c1ccccc1. The van der Waals surface area contributed by atoms with Crippen molar-refractivity contribution in [1.82, 2.24) is 9.78 Å². The van der Waals surface area contributed by atoms with Gasteiger partial charge in [0.25, 0.3) is 0 Å². The Balaban J connectivity index is 2.60. The Morgan fingerprint density at radius 3 is 2.55 bits per heavy atom. The van der Waals surface area contributed by atoms with Crippen molar-refractivity contribution in [3.8, 4) is 5.69 Å². The minimum Gasteiger partial charge on any atom is -0.303 e. The Labute approximate surface area is 125 Å². The van der Waals surface area contributed by atoms with E-state index in [2.05, 4.69) is 21.0 Å². The lowest BCUT2D eigenvalue weighted by atomic mass is 9.79. The third-order valence-corrected chi connectivity index (χ3v) is 3.84. The largest absolute Gasteiger partial charge is 0.303 e.